The van der Waals surface area contributed by atoms with Crippen LogP contribution in [0.1, 0.15) is 32.1 Å². The summed E-state index contributed by atoms with van der Waals surface area (Å²) >= 11 is 0. The molecule has 3 nitrogen and oxygen atoms in total. The van der Waals surface area contributed by atoms with Gasteiger partial charge in [-0.3, -0.25) is 0 Å². The second-order valence-corrected chi connectivity index (χ2v) is 3.16. The smallest absolute Gasteiger partial charge is 0.157 e. The van der Waals surface area contributed by atoms with Gasteiger partial charge in [-0.2, -0.15) is 0 Å². The predicted octanol–water partition coefficient (Wildman–Crippen LogP) is 1.27. The molecule has 0 amide bonds. The van der Waals surface area contributed by atoms with Crippen LogP contribution in [0, 0.1) is 0 Å². The van der Waals surface area contributed by atoms with Crippen molar-refractivity contribution in [3.8, 4) is 0 Å². The molecule has 2 N–H and O–H groups in total. The van der Waals surface area contributed by atoms with E-state index >= 15 is 0 Å². The molecule has 1 atom stereocenters. The lowest BCUT2D eigenvalue weighted by atomic mass is 10.2. The van der Waals surface area contributed by atoms with Crippen LogP contribution in [0.5, 0.6) is 0 Å². The van der Waals surface area contributed by atoms with Crippen molar-refractivity contribution < 1.29 is 9.47 Å². The van der Waals surface area contributed by atoms with E-state index in [1.807, 2.05) is 0 Å². The van der Waals surface area contributed by atoms with Crippen LogP contribution in [-0.2, 0) is 9.47 Å². The second-order valence-electron chi connectivity index (χ2n) is 3.16. The zero-order chi connectivity index (χ0) is 8.65. The first kappa shape index (κ1) is 9.96. The summed E-state index contributed by atoms with van der Waals surface area (Å²) in [6.07, 6.45) is 5.65. The maximum absolute atomic E-state index is 5.51. The lowest BCUT2D eigenvalue weighted by Gasteiger charge is -2.22. The average Bonchev–Trinajstić information content (AvgIpc) is 2.14. The molecule has 3 heteroatoms. The molecular formula is C9H19NO2. The molecule has 1 unspecified atom stereocenters. The van der Waals surface area contributed by atoms with Gasteiger partial charge in [0.05, 0.1) is 0 Å². The molecule has 0 aromatic carbocycles. The topological polar surface area (TPSA) is 44.5 Å². The van der Waals surface area contributed by atoms with Crippen molar-refractivity contribution in [3.63, 3.8) is 0 Å². The van der Waals surface area contributed by atoms with Gasteiger partial charge < -0.3 is 15.2 Å². The standard InChI is InChI=1S/C9H19NO2/c10-6-2-4-8-12-9-5-1-3-7-11-9/h9H,1-8,10H2. The van der Waals surface area contributed by atoms with E-state index < -0.39 is 0 Å². The summed E-state index contributed by atoms with van der Waals surface area (Å²) in [6, 6.07) is 0. The molecule has 1 saturated heterocycles. The minimum absolute atomic E-state index is 0.0662. The van der Waals surface area contributed by atoms with E-state index in [1.165, 1.54) is 12.8 Å². The number of nitrogens with two attached hydrogens (primary N) is 1. The van der Waals surface area contributed by atoms with Crippen molar-refractivity contribution in [2.45, 2.75) is 38.4 Å². The average molecular weight is 173 g/mol. The fourth-order valence-electron chi connectivity index (χ4n) is 1.30. The van der Waals surface area contributed by atoms with Crippen LogP contribution in [0.2, 0.25) is 0 Å². The zero-order valence-electron chi connectivity index (χ0n) is 7.63. The molecule has 0 aliphatic carbocycles. The molecule has 0 radical (unpaired) electrons. The fourth-order valence-corrected chi connectivity index (χ4v) is 1.30. The lowest BCUT2D eigenvalue weighted by Crippen LogP contribution is -2.22. The maximum Gasteiger partial charge on any atom is 0.157 e. The van der Waals surface area contributed by atoms with E-state index in [0.29, 0.717) is 0 Å². The van der Waals surface area contributed by atoms with Crippen LogP contribution >= 0.6 is 0 Å². The Bertz CT molecular complexity index is 103. The summed E-state index contributed by atoms with van der Waals surface area (Å²) in [6.45, 7) is 2.41. The van der Waals surface area contributed by atoms with E-state index in [4.69, 9.17) is 15.2 Å². The quantitative estimate of drug-likeness (QED) is 0.637. The van der Waals surface area contributed by atoms with Crippen molar-refractivity contribution in [2.75, 3.05) is 19.8 Å². The van der Waals surface area contributed by atoms with Crippen molar-refractivity contribution in [2.24, 2.45) is 5.73 Å². The third kappa shape index (κ3) is 4.04. The number of hydrogen-bond acceptors (Lipinski definition) is 3. The Hall–Kier alpha value is -0.120. The van der Waals surface area contributed by atoms with Crippen LogP contribution in [0.3, 0.4) is 0 Å². The summed E-state index contributed by atoms with van der Waals surface area (Å²) in [5, 5.41) is 0. The molecule has 0 bridgehead atoms. The zero-order valence-corrected chi connectivity index (χ0v) is 7.63. The van der Waals surface area contributed by atoms with Gasteiger partial charge in [0, 0.05) is 13.2 Å². The highest BCUT2D eigenvalue weighted by atomic mass is 16.7. The Morgan fingerprint density at radius 1 is 1.33 bits per heavy atom. The van der Waals surface area contributed by atoms with Crippen molar-refractivity contribution in [1.29, 1.82) is 0 Å². The predicted molar refractivity (Wildman–Crippen MR) is 47.8 cm³/mol. The Kier molecular flexibility index (Phi) is 5.32. The van der Waals surface area contributed by atoms with Crippen molar-refractivity contribution >= 4 is 0 Å². The molecular weight excluding hydrogens is 154 g/mol. The highest BCUT2D eigenvalue weighted by Gasteiger charge is 2.12. The molecule has 72 valence electrons. The van der Waals surface area contributed by atoms with Crippen molar-refractivity contribution in [1.82, 2.24) is 0 Å². The number of unbranched alkanes of at least 4 members (excludes halogenated alkanes) is 1. The Labute approximate surface area is 74.2 Å². The van der Waals surface area contributed by atoms with Gasteiger partial charge in [-0.05, 0) is 38.6 Å². The normalized spacial score (nSPS) is 24.2. The first-order valence-electron chi connectivity index (χ1n) is 4.87. The largest absolute Gasteiger partial charge is 0.353 e. The number of hydrogen-bond donors (Lipinski definition) is 1. The summed E-state index contributed by atoms with van der Waals surface area (Å²) in [5.41, 5.74) is 5.36. The van der Waals surface area contributed by atoms with Crippen LogP contribution in [0.15, 0.2) is 0 Å². The van der Waals surface area contributed by atoms with Crippen LogP contribution in [0.25, 0.3) is 0 Å². The lowest BCUT2D eigenvalue weighted by molar-refractivity contribution is -0.162. The molecule has 1 aliphatic rings. The Morgan fingerprint density at radius 2 is 2.25 bits per heavy atom. The van der Waals surface area contributed by atoms with E-state index in [2.05, 4.69) is 0 Å². The summed E-state index contributed by atoms with van der Waals surface area (Å²) in [5.74, 6) is 0. The molecule has 0 aromatic heterocycles. The van der Waals surface area contributed by atoms with Crippen LogP contribution in [-0.4, -0.2) is 26.0 Å². The molecule has 0 saturated carbocycles. The maximum atomic E-state index is 5.51. The SMILES string of the molecule is NCCCCOC1CCCCO1. The van der Waals surface area contributed by atoms with Crippen LogP contribution in [0.4, 0.5) is 0 Å². The fraction of sp³-hybridized carbons (Fsp3) is 1.00. The second kappa shape index (κ2) is 6.40. The van der Waals surface area contributed by atoms with Gasteiger partial charge in [-0.25, -0.2) is 0 Å². The monoisotopic (exact) mass is 173 g/mol. The minimum atomic E-state index is 0.0662. The Morgan fingerprint density at radius 3 is 2.92 bits per heavy atom. The molecule has 1 aliphatic heterocycles. The molecule has 1 heterocycles. The molecule has 1 rings (SSSR count). The van der Waals surface area contributed by atoms with Gasteiger partial charge in [-0.1, -0.05) is 0 Å². The number of rotatable bonds is 5. The summed E-state index contributed by atoms with van der Waals surface area (Å²) in [4.78, 5) is 0. The van der Waals surface area contributed by atoms with Gasteiger partial charge in [0.25, 0.3) is 0 Å². The van der Waals surface area contributed by atoms with E-state index in [9.17, 15) is 0 Å². The first-order valence-corrected chi connectivity index (χ1v) is 4.87. The minimum Gasteiger partial charge on any atom is -0.353 e. The van der Waals surface area contributed by atoms with E-state index in [0.717, 1.165) is 39.0 Å². The molecule has 1 fully saturated rings. The van der Waals surface area contributed by atoms with Gasteiger partial charge >= 0.3 is 0 Å². The molecule has 12 heavy (non-hydrogen) atoms. The highest BCUT2D eigenvalue weighted by Crippen LogP contribution is 2.13. The van der Waals surface area contributed by atoms with Gasteiger partial charge in [0.15, 0.2) is 6.29 Å². The van der Waals surface area contributed by atoms with Gasteiger partial charge in [-0.15, -0.1) is 0 Å². The Balaban J connectivity index is 1.91. The third-order valence-electron chi connectivity index (χ3n) is 2.04. The molecule has 0 spiro atoms. The van der Waals surface area contributed by atoms with Gasteiger partial charge in [0.1, 0.15) is 0 Å². The van der Waals surface area contributed by atoms with Crippen molar-refractivity contribution in [3.05, 3.63) is 0 Å². The van der Waals surface area contributed by atoms with Gasteiger partial charge in [0.2, 0.25) is 0 Å². The summed E-state index contributed by atoms with van der Waals surface area (Å²) in [7, 11) is 0. The van der Waals surface area contributed by atoms with E-state index in [-0.39, 0.29) is 6.29 Å². The molecule has 0 aromatic rings. The summed E-state index contributed by atoms with van der Waals surface area (Å²) < 4.78 is 10.9. The van der Waals surface area contributed by atoms with E-state index in [1.54, 1.807) is 0 Å². The number of ether oxygens (including phenoxy) is 2. The first-order chi connectivity index (χ1) is 5.93. The highest BCUT2D eigenvalue weighted by molar-refractivity contribution is 4.54. The third-order valence-corrected chi connectivity index (χ3v) is 2.04. The van der Waals surface area contributed by atoms with Crippen LogP contribution < -0.4 is 5.73 Å².